The van der Waals surface area contributed by atoms with Crippen LogP contribution in [0.3, 0.4) is 0 Å². The fourth-order valence-corrected chi connectivity index (χ4v) is 2.06. The number of halogens is 2. The number of rotatable bonds is 5. The Morgan fingerprint density at radius 1 is 1.41 bits per heavy atom. The molecule has 4 heteroatoms. The van der Waals surface area contributed by atoms with Crippen molar-refractivity contribution in [1.29, 1.82) is 0 Å². The van der Waals surface area contributed by atoms with Crippen molar-refractivity contribution in [3.8, 4) is 0 Å². The molecule has 1 aliphatic heterocycles. The number of hydrogen-bond acceptors (Lipinski definition) is 2. The van der Waals surface area contributed by atoms with Gasteiger partial charge in [-0.3, -0.25) is 0 Å². The molecule has 1 aliphatic rings. The van der Waals surface area contributed by atoms with Gasteiger partial charge in [0.25, 0.3) is 0 Å². The summed E-state index contributed by atoms with van der Waals surface area (Å²) in [7, 11) is 1.60. The molecule has 0 radical (unpaired) electrons. The highest BCUT2D eigenvalue weighted by molar-refractivity contribution is 6.19. The van der Waals surface area contributed by atoms with Crippen LogP contribution in [0.1, 0.15) is 20.3 Å². The first-order valence-electron chi connectivity index (χ1n) is 7.14. The van der Waals surface area contributed by atoms with Crippen LogP contribution < -0.4 is 0 Å². The van der Waals surface area contributed by atoms with Crippen LogP contribution in [0.2, 0.25) is 0 Å². The Morgan fingerprint density at radius 2 is 2.18 bits per heavy atom. The predicted octanol–water partition coefficient (Wildman–Crippen LogP) is 5.36. The Labute approximate surface area is 136 Å². The second-order valence-electron chi connectivity index (χ2n) is 4.71. The van der Waals surface area contributed by atoms with Gasteiger partial charge in [0.1, 0.15) is 12.4 Å². The quantitative estimate of drug-likeness (QED) is 0.500. The molecule has 0 saturated heterocycles. The molecule has 0 aromatic carbocycles. The van der Waals surface area contributed by atoms with E-state index in [4.69, 9.17) is 21.1 Å². The third kappa shape index (κ3) is 5.94. The number of allylic oxidation sites excluding steroid dienone is 9. The van der Waals surface area contributed by atoms with Gasteiger partial charge in [-0.15, -0.1) is 11.6 Å². The zero-order valence-electron chi connectivity index (χ0n) is 13.2. The number of alkyl halides is 1. The summed E-state index contributed by atoms with van der Waals surface area (Å²) >= 11 is 6.04. The van der Waals surface area contributed by atoms with Gasteiger partial charge < -0.3 is 9.47 Å². The Kier molecular flexibility index (Phi) is 8.38. The summed E-state index contributed by atoms with van der Waals surface area (Å²) in [6.07, 6.45) is 12.5. The third-order valence-electron chi connectivity index (χ3n) is 3.16. The van der Waals surface area contributed by atoms with Gasteiger partial charge in [0.15, 0.2) is 0 Å². The molecule has 0 unspecified atom stereocenters. The van der Waals surface area contributed by atoms with Crippen molar-refractivity contribution in [1.82, 2.24) is 0 Å². The van der Waals surface area contributed by atoms with E-state index in [9.17, 15) is 4.39 Å². The van der Waals surface area contributed by atoms with E-state index in [1.807, 2.05) is 19.1 Å². The summed E-state index contributed by atoms with van der Waals surface area (Å²) in [6.45, 7) is 4.09. The lowest BCUT2D eigenvalue weighted by Gasteiger charge is -2.12. The van der Waals surface area contributed by atoms with Crippen molar-refractivity contribution in [3.05, 3.63) is 71.0 Å². The van der Waals surface area contributed by atoms with Crippen LogP contribution in [0.25, 0.3) is 0 Å². The van der Waals surface area contributed by atoms with Gasteiger partial charge in [0, 0.05) is 5.88 Å². The molecule has 2 nitrogen and oxygen atoms in total. The number of ether oxygens (including phenoxy) is 2. The molecule has 1 heterocycles. The van der Waals surface area contributed by atoms with E-state index in [0.717, 1.165) is 16.7 Å². The monoisotopic (exact) mass is 324 g/mol. The molecule has 1 rings (SSSR count). The summed E-state index contributed by atoms with van der Waals surface area (Å²) in [6, 6.07) is 0. The number of methoxy groups -OCH3 is 1. The van der Waals surface area contributed by atoms with Crippen LogP contribution in [0.15, 0.2) is 71.0 Å². The fraction of sp³-hybridized carbons (Fsp3) is 0.333. The molecule has 0 amide bonds. The summed E-state index contributed by atoms with van der Waals surface area (Å²) in [5.74, 6) is 0.870. The molecule has 0 aromatic rings. The zero-order valence-corrected chi connectivity index (χ0v) is 14.0. The topological polar surface area (TPSA) is 18.5 Å². The molecule has 0 N–H and O–H groups in total. The van der Waals surface area contributed by atoms with E-state index < -0.39 is 0 Å². The molecule has 0 spiro atoms. The molecular weight excluding hydrogens is 303 g/mol. The lowest BCUT2D eigenvalue weighted by Crippen LogP contribution is -2.02. The highest BCUT2D eigenvalue weighted by atomic mass is 35.5. The van der Waals surface area contributed by atoms with Crippen LogP contribution in [0, 0.1) is 0 Å². The third-order valence-corrected chi connectivity index (χ3v) is 3.48. The van der Waals surface area contributed by atoms with Crippen LogP contribution in [-0.2, 0) is 9.47 Å². The highest BCUT2D eigenvalue weighted by Crippen LogP contribution is 2.21. The lowest BCUT2D eigenvalue weighted by molar-refractivity contribution is 0.279. The minimum Gasteiger partial charge on any atom is -0.497 e. The molecule has 0 saturated carbocycles. The fourth-order valence-electron chi connectivity index (χ4n) is 1.83. The number of hydrogen-bond donors (Lipinski definition) is 0. The first kappa shape index (κ1) is 18.3. The first-order valence-corrected chi connectivity index (χ1v) is 7.67. The van der Waals surface area contributed by atoms with Crippen LogP contribution in [-0.4, -0.2) is 19.6 Å². The van der Waals surface area contributed by atoms with Crippen LogP contribution >= 0.6 is 11.6 Å². The average molecular weight is 325 g/mol. The van der Waals surface area contributed by atoms with Gasteiger partial charge in [0.2, 0.25) is 0 Å². The molecule has 22 heavy (non-hydrogen) atoms. The first-order chi connectivity index (χ1) is 10.6. The molecule has 0 atom stereocenters. The lowest BCUT2D eigenvalue weighted by atomic mass is 10.0. The van der Waals surface area contributed by atoms with E-state index in [1.54, 1.807) is 38.5 Å². The summed E-state index contributed by atoms with van der Waals surface area (Å²) in [5.41, 5.74) is 2.77. The van der Waals surface area contributed by atoms with Gasteiger partial charge in [-0.1, -0.05) is 19.1 Å². The maximum absolute atomic E-state index is 13.3. The van der Waals surface area contributed by atoms with Gasteiger partial charge in [0.05, 0.1) is 19.2 Å². The Bertz CT molecular complexity index is 551. The minimum atomic E-state index is -0.159. The zero-order chi connectivity index (χ0) is 16.4. The second-order valence-corrected chi connectivity index (χ2v) is 4.98. The molecule has 0 bridgehead atoms. The highest BCUT2D eigenvalue weighted by Gasteiger charge is 2.07. The summed E-state index contributed by atoms with van der Waals surface area (Å²) < 4.78 is 24.0. The molecular formula is C18H22ClFO2. The predicted molar refractivity (Wildman–Crippen MR) is 90.3 cm³/mol. The van der Waals surface area contributed by atoms with Crippen molar-refractivity contribution < 1.29 is 13.9 Å². The van der Waals surface area contributed by atoms with Crippen molar-refractivity contribution in [2.24, 2.45) is 0 Å². The Balaban J connectivity index is 3.22. The minimum absolute atomic E-state index is 0.159. The maximum atomic E-state index is 13.3. The largest absolute Gasteiger partial charge is 0.497 e. The Morgan fingerprint density at radius 3 is 2.82 bits per heavy atom. The molecule has 120 valence electrons. The summed E-state index contributed by atoms with van der Waals surface area (Å²) in [5, 5.41) is 0. The van der Waals surface area contributed by atoms with Crippen molar-refractivity contribution in [3.63, 3.8) is 0 Å². The second kappa shape index (κ2) is 10.1. The van der Waals surface area contributed by atoms with Gasteiger partial charge >= 0.3 is 0 Å². The SMILES string of the molecule is CC\C(F)=C/C=C(C)/C1=C(\CCl)CO\C=C\C=C(OC)\C=C\1. The van der Waals surface area contributed by atoms with Gasteiger partial charge in [-0.25, -0.2) is 4.39 Å². The van der Waals surface area contributed by atoms with E-state index in [1.165, 1.54) is 6.08 Å². The molecule has 0 aromatic heterocycles. The molecule has 0 aliphatic carbocycles. The Hall–Kier alpha value is -1.74. The standard InChI is InChI=1S/C18H22ClFO2/c1-4-16(20)8-7-14(2)18-10-9-17(21-3)6-5-11-22-13-15(18)12-19/h5-11H,4,12-13H2,1-3H3/b10-9+,11-5+,14-7+,16-8+,17-6-,18-15+. The maximum Gasteiger partial charge on any atom is 0.118 e. The normalized spacial score (nSPS) is 25.8. The van der Waals surface area contributed by atoms with Crippen molar-refractivity contribution >= 4 is 11.6 Å². The van der Waals surface area contributed by atoms with E-state index in [0.29, 0.717) is 24.7 Å². The molecule has 0 fully saturated rings. The van der Waals surface area contributed by atoms with Crippen molar-refractivity contribution in [2.75, 3.05) is 19.6 Å². The van der Waals surface area contributed by atoms with E-state index in [2.05, 4.69) is 0 Å². The van der Waals surface area contributed by atoms with Gasteiger partial charge in [-0.2, -0.15) is 0 Å². The average Bonchev–Trinajstić information content (AvgIpc) is 2.55. The van der Waals surface area contributed by atoms with Crippen LogP contribution in [0.5, 0.6) is 0 Å². The van der Waals surface area contributed by atoms with Gasteiger partial charge in [-0.05, 0) is 54.4 Å². The van der Waals surface area contributed by atoms with E-state index >= 15 is 0 Å². The van der Waals surface area contributed by atoms with E-state index in [-0.39, 0.29) is 5.83 Å². The summed E-state index contributed by atoms with van der Waals surface area (Å²) in [4.78, 5) is 0. The van der Waals surface area contributed by atoms with Crippen LogP contribution in [0.4, 0.5) is 4.39 Å². The smallest absolute Gasteiger partial charge is 0.118 e. The van der Waals surface area contributed by atoms with Crippen molar-refractivity contribution in [2.45, 2.75) is 20.3 Å².